The molecule has 1 unspecified atom stereocenters. The number of amides is 1. The van der Waals surface area contributed by atoms with Crippen molar-refractivity contribution >= 4 is 28.9 Å². The molecule has 166 valence electrons. The van der Waals surface area contributed by atoms with E-state index in [9.17, 15) is 9.59 Å². The number of ether oxygens (including phenoxy) is 3. The van der Waals surface area contributed by atoms with Crippen molar-refractivity contribution in [2.45, 2.75) is 18.9 Å². The van der Waals surface area contributed by atoms with E-state index >= 15 is 0 Å². The summed E-state index contributed by atoms with van der Waals surface area (Å²) in [5, 5.41) is 0.969. The van der Waals surface area contributed by atoms with Crippen molar-refractivity contribution in [3.05, 3.63) is 65.4 Å². The van der Waals surface area contributed by atoms with Crippen LogP contribution in [0.4, 0.5) is 0 Å². The van der Waals surface area contributed by atoms with Gasteiger partial charge in [0.1, 0.15) is 11.3 Å². The van der Waals surface area contributed by atoms with Crippen LogP contribution in [0, 0.1) is 0 Å². The quantitative estimate of drug-likeness (QED) is 0.428. The predicted octanol–water partition coefficient (Wildman–Crippen LogP) is 4.15. The highest BCUT2D eigenvalue weighted by molar-refractivity contribution is 5.93. The molecule has 1 atom stereocenters. The number of para-hydroxylation sites is 1. The van der Waals surface area contributed by atoms with Crippen LogP contribution in [0.25, 0.3) is 17.0 Å². The maximum absolute atomic E-state index is 13.1. The molecule has 0 radical (unpaired) electrons. The van der Waals surface area contributed by atoms with Crippen molar-refractivity contribution in [3.63, 3.8) is 0 Å². The summed E-state index contributed by atoms with van der Waals surface area (Å²) in [4.78, 5) is 27.0. The lowest BCUT2D eigenvalue weighted by molar-refractivity contribution is -0.143. The van der Waals surface area contributed by atoms with Crippen molar-refractivity contribution in [3.8, 4) is 11.5 Å². The Morgan fingerprint density at radius 2 is 1.84 bits per heavy atom. The van der Waals surface area contributed by atoms with E-state index in [-0.39, 0.29) is 12.3 Å². The molecule has 0 bridgehead atoms. The minimum atomic E-state index is -0.473. The molecular weight excluding hydrogens is 410 g/mol. The van der Waals surface area contributed by atoms with Crippen LogP contribution < -0.4 is 9.47 Å². The minimum Gasteiger partial charge on any atom is -0.493 e. The zero-order chi connectivity index (χ0) is 22.7. The van der Waals surface area contributed by atoms with Crippen LogP contribution >= 0.6 is 0 Å². The molecule has 3 aromatic rings. The van der Waals surface area contributed by atoms with Crippen molar-refractivity contribution in [2.75, 3.05) is 27.9 Å². The highest BCUT2D eigenvalue weighted by Crippen LogP contribution is 2.39. The largest absolute Gasteiger partial charge is 0.493 e. The summed E-state index contributed by atoms with van der Waals surface area (Å²) in [6, 6.07) is 12.8. The molecule has 0 aliphatic carbocycles. The first-order chi connectivity index (χ1) is 15.5. The maximum Gasteiger partial charge on any atom is 0.307 e. The van der Waals surface area contributed by atoms with E-state index in [1.807, 2.05) is 42.5 Å². The maximum atomic E-state index is 13.1. The monoisotopic (exact) mass is 435 g/mol. The number of furan rings is 1. The van der Waals surface area contributed by atoms with Gasteiger partial charge in [0, 0.05) is 18.0 Å². The Kier molecular flexibility index (Phi) is 6.16. The standard InChI is InChI=1S/C25H25NO6/c1-29-22-13-16-10-11-26(20(15-25(28)31-3)19(16)14-23(22)30-2)24(27)9-8-18-12-17-6-4-5-7-21(17)32-18/h4-9,12-14,20H,10-11,15H2,1-3H3/b9-8+. The van der Waals surface area contributed by atoms with Crippen LogP contribution in [0.3, 0.4) is 0 Å². The first-order valence-electron chi connectivity index (χ1n) is 10.3. The third-order valence-corrected chi connectivity index (χ3v) is 5.71. The van der Waals surface area contributed by atoms with Gasteiger partial charge in [0.05, 0.1) is 33.8 Å². The van der Waals surface area contributed by atoms with Gasteiger partial charge in [0.25, 0.3) is 0 Å². The Balaban J connectivity index is 1.64. The smallest absolute Gasteiger partial charge is 0.307 e. The minimum absolute atomic E-state index is 0.0448. The van der Waals surface area contributed by atoms with Gasteiger partial charge in [-0.15, -0.1) is 0 Å². The van der Waals surface area contributed by atoms with Gasteiger partial charge < -0.3 is 23.5 Å². The molecular formula is C25H25NO6. The molecule has 7 nitrogen and oxygen atoms in total. The van der Waals surface area contributed by atoms with Crippen molar-refractivity contribution in [1.82, 2.24) is 4.90 Å². The van der Waals surface area contributed by atoms with Gasteiger partial charge in [-0.3, -0.25) is 9.59 Å². The highest BCUT2D eigenvalue weighted by Gasteiger charge is 2.33. The van der Waals surface area contributed by atoms with Gasteiger partial charge in [-0.25, -0.2) is 0 Å². The van der Waals surface area contributed by atoms with E-state index in [0.717, 1.165) is 22.1 Å². The van der Waals surface area contributed by atoms with Gasteiger partial charge in [-0.05, 0) is 47.9 Å². The van der Waals surface area contributed by atoms with Gasteiger partial charge in [0.15, 0.2) is 11.5 Å². The first-order valence-corrected chi connectivity index (χ1v) is 10.3. The molecule has 32 heavy (non-hydrogen) atoms. The zero-order valence-electron chi connectivity index (χ0n) is 18.3. The van der Waals surface area contributed by atoms with Crippen LogP contribution in [0.1, 0.15) is 29.3 Å². The SMILES string of the molecule is COC(=O)CC1c2cc(OC)c(OC)cc2CCN1C(=O)/C=C/c1cc2ccccc2o1. The average Bonchev–Trinajstić information content (AvgIpc) is 3.24. The number of hydrogen-bond acceptors (Lipinski definition) is 6. The van der Waals surface area contributed by atoms with Crippen LogP contribution in [-0.2, 0) is 20.7 Å². The number of nitrogens with zero attached hydrogens (tertiary/aromatic N) is 1. The van der Waals surface area contributed by atoms with E-state index in [0.29, 0.717) is 30.2 Å². The average molecular weight is 435 g/mol. The number of carbonyl (C=O) groups excluding carboxylic acids is 2. The molecule has 1 aliphatic rings. The second kappa shape index (κ2) is 9.18. The topological polar surface area (TPSA) is 78.2 Å². The van der Waals surface area contributed by atoms with Gasteiger partial charge >= 0.3 is 5.97 Å². The number of fused-ring (bicyclic) bond motifs is 2. The summed E-state index contributed by atoms with van der Waals surface area (Å²) < 4.78 is 21.5. The lowest BCUT2D eigenvalue weighted by atomic mass is 9.90. The molecule has 0 spiro atoms. The Labute approximate surface area is 186 Å². The van der Waals surface area contributed by atoms with Gasteiger partial charge in [-0.2, -0.15) is 0 Å². The normalized spacial score (nSPS) is 15.6. The molecule has 4 rings (SSSR count). The summed E-state index contributed by atoms with van der Waals surface area (Å²) in [6.45, 7) is 0.466. The Morgan fingerprint density at radius 1 is 1.09 bits per heavy atom. The highest BCUT2D eigenvalue weighted by atomic mass is 16.5. The molecule has 7 heteroatoms. The Hall–Kier alpha value is -3.74. The number of methoxy groups -OCH3 is 3. The molecule has 1 aromatic heterocycles. The van der Waals surface area contributed by atoms with Crippen molar-refractivity contribution in [2.24, 2.45) is 0 Å². The molecule has 0 fully saturated rings. The number of hydrogen-bond donors (Lipinski definition) is 0. The summed E-state index contributed by atoms with van der Waals surface area (Å²) in [5.74, 6) is 1.16. The van der Waals surface area contributed by atoms with Crippen LogP contribution in [0.15, 0.2) is 53.0 Å². The van der Waals surface area contributed by atoms with Crippen LogP contribution in [0.5, 0.6) is 11.5 Å². The molecule has 2 aromatic carbocycles. The number of esters is 1. The Bertz CT molecular complexity index is 1150. The second-order valence-corrected chi connectivity index (χ2v) is 7.50. The Morgan fingerprint density at radius 3 is 2.56 bits per heavy atom. The lowest BCUT2D eigenvalue weighted by Crippen LogP contribution is -2.40. The van der Waals surface area contributed by atoms with Crippen LogP contribution in [-0.4, -0.2) is 44.7 Å². The molecule has 1 aliphatic heterocycles. The third kappa shape index (κ3) is 4.19. The second-order valence-electron chi connectivity index (χ2n) is 7.50. The molecule has 0 N–H and O–H groups in total. The van der Waals surface area contributed by atoms with E-state index in [4.69, 9.17) is 18.6 Å². The molecule has 1 amide bonds. The van der Waals surface area contributed by atoms with Crippen LogP contribution in [0.2, 0.25) is 0 Å². The molecule has 2 heterocycles. The number of benzene rings is 2. The molecule has 0 saturated heterocycles. The summed E-state index contributed by atoms with van der Waals surface area (Å²) in [6.07, 6.45) is 3.82. The van der Waals surface area contributed by atoms with Gasteiger partial charge in [-0.1, -0.05) is 18.2 Å². The van der Waals surface area contributed by atoms with E-state index in [1.54, 1.807) is 25.2 Å². The summed E-state index contributed by atoms with van der Waals surface area (Å²) >= 11 is 0. The lowest BCUT2D eigenvalue weighted by Gasteiger charge is -2.36. The van der Waals surface area contributed by atoms with Crippen molar-refractivity contribution < 1.29 is 28.2 Å². The number of rotatable bonds is 6. The predicted molar refractivity (Wildman–Crippen MR) is 120 cm³/mol. The third-order valence-electron chi connectivity index (χ3n) is 5.71. The van der Waals surface area contributed by atoms with Gasteiger partial charge in [0.2, 0.25) is 5.91 Å². The van der Waals surface area contributed by atoms with E-state index < -0.39 is 12.0 Å². The zero-order valence-corrected chi connectivity index (χ0v) is 18.3. The fourth-order valence-corrected chi connectivity index (χ4v) is 4.09. The molecule has 0 saturated carbocycles. The first kappa shape index (κ1) is 21.5. The summed E-state index contributed by atoms with van der Waals surface area (Å²) in [7, 11) is 4.48. The number of carbonyl (C=O) groups is 2. The van der Waals surface area contributed by atoms with E-state index in [1.165, 1.54) is 13.2 Å². The fraction of sp³-hybridized carbons (Fsp3) is 0.280. The van der Waals surface area contributed by atoms with E-state index in [2.05, 4.69) is 0 Å². The fourth-order valence-electron chi connectivity index (χ4n) is 4.09. The summed E-state index contributed by atoms with van der Waals surface area (Å²) in [5.41, 5.74) is 2.63. The van der Waals surface area contributed by atoms with Crippen molar-refractivity contribution in [1.29, 1.82) is 0 Å².